The van der Waals surface area contributed by atoms with Crippen LogP contribution in [0, 0.1) is 12.7 Å². The monoisotopic (exact) mass is 251 g/mol. The Balaban J connectivity index is 2.38. The Kier molecular flexibility index (Phi) is 3.32. The Hall–Kier alpha value is -1.91. The minimum absolute atomic E-state index is 0.0428. The SMILES string of the molecule is Cc1cc(F)ccc1C1CC(=O)CCN1C(=O)O. The van der Waals surface area contributed by atoms with Crippen molar-refractivity contribution in [3.05, 3.63) is 35.1 Å². The minimum atomic E-state index is -1.05. The van der Waals surface area contributed by atoms with Gasteiger partial charge in [-0.3, -0.25) is 4.79 Å². The number of carbonyl (C=O) groups is 2. The van der Waals surface area contributed by atoms with Crippen LogP contribution in [-0.4, -0.2) is 28.4 Å². The summed E-state index contributed by atoms with van der Waals surface area (Å²) in [6.45, 7) is 1.92. The molecule has 0 aliphatic carbocycles. The van der Waals surface area contributed by atoms with Gasteiger partial charge in [-0.15, -0.1) is 0 Å². The van der Waals surface area contributed by atoms with Gasteiger partial charge >= 0.3 is 6.09 Å². The zero-order valence-electron chi connectivity index (χ0n) is 10.0. The fourth-order valence-corrected chi connectivity index (χ4v) is 2.35. The molecule has 1 atom stereocenters. The third-order valence-electron chi connectivity index (χ3n) is 3.27. The van der Waals surface area contributed by atoms with Gasteiger partial charge in [0.2, 0.25) is 0 Å². The maximum absolute atomic E-state index is 13.1. The van der Waals surface area contributed by atoms with Crippen molar-refractivity contribution in [2.75, 3.05) is 6.54 Å². The molecule has 1 heterocycles. The number of benzene rings is 1. The van der Waals surface area contributed by atoms with Gasteiger partial charge < -0.3 is 10.0 Å². The molecule has 4 nitrogen and oxygen atoms in total. The van der Waals surface area contributed by atoms with Gasteiger partial charge in [-0.05, 0) is 30.2 Å². The summed E-state index contributed by atoms with van der Waals surface area (Å²) in [5.74, 6) is -0.318. The van der Waals surface area contributed by atoms with Crippen LogP contribution in [0.2, 0.25) is 0 Å². The molecule has 1 unspecified atom stereocenters. The van der Waals surface area contributed by atoms with Gasteiger partial charge in [0.15, 0.2) is 0 Å². The van der Waals surface area contributed by atoms with Gasteiger partial charge in [-0.1, -0.05) is 6.07 Å². The number of piperidine rings is 1. The fraction of sp³-hybridized carbons (Fsp3) is 0.385. The summed E-state index contributed by atoms with van der Waals surface area (Å²) in [4.78, 5) is 23.9. The van der Waals surface area contributed by atoms with Crippen molar-refractivity contribution in [1.82, 2.24) is 4.90 Å². The summed E-state index contributed by atoms with van der Waals surface area (Å²) in [6, 6.07) is 3.71. The van der Waals surface area contributed by atoms with Crippen molar-refractivity contribution in [2.24, 2.45) is 0 Å². The summed E-state index contributed by atoms with van der Waals surface area (Å²) in [7, 11) is 0. The van der Waals surface area contributed by atoms with Gasteiger partial charge in [0.05, 0.1) is 6.04 Å². The second-order valence-electron chi connectivity index (χ2n) is 4.49. The average molecular weight is 251 g/mol. The Labute approximate surface area is 104 Å². The highest BCUT2D eigenvalue weighted by Crippen LogP contribution is 2.31. The molecule has 2 rings (SSSR count). The number of nitrogens with zero attached hydrogens (tertiary/aromatic N) is 1. The van der Waals surface area contributed by atoms with Crippen molar-refractivity contribution < 1.29 is 19.1 Å². The molecular formula is C13H14FNO3. The zero-order chi connectivity index (χ0) is 13.3. The molecule has 0 spiro atoms. The number of carboxylic acid groups (broad SMARTS) is 1. The number of ketones is 1. The highest BCUT2D eigenvalue weighted by atomic mass is 19.1. The zero-order valence-corrected chi connectivity index (χ0v) is 10.0. The third-order valence-corrected chi connectivity index (χ3v) is 3.27. The average Bonchev–Trinajstić information content (AvgIpc) is 2.28. The number of likely N-dealkylation sites (tertiary alicyclic amines) is 1. The highest BCUT2D eigenvalue weighted by molar-refractivity contribution is 5.82. The molecule has 1 aromatic rings. The lowest BCUT2D eigenvalue weighted by Crippen LogP contribution is -2.40. The summed E-state index contributed by atoms with van der Waals surface area (Å²) in [5.41, 5.74) is 1.37. The van der Waals surface area contributed by atoms with Gasteiger partial charge in [0.1, 0.15) is 11.6 Å². The molecule has 1 fully saturated rings. The lowest BCUT2D eigenvalue weighted by molar-refractivity contribution is -0.122. The molecule has 0 radical (unpaired) electrons. The predicted molar refractivity (Wildman–Crippen MR) is 62.8 cm³/mol. The van der Waals surface area contributed by atoms with E-state index in [1.54, 1.807) is 13.0 Å². The lowest BCUT2D eigenvalue weighted by atomic mass is 9.92. The van der Waals surface area contributed by atoms with Gasteiger partial charge in [-0.25, -0.2) is 9.18 Å². The van der Waals surface area contributed by atoms with Crippen molar-refractivity contribution in [2.45, 2.75) is 25.8 Å². The first-order valence-corrected chi connectivity index (χ1v) is 5.76. The number of carbonyl (C=O) groups excluding carboxylic acids is 1. The molecule has 96 valence electrons. The van der Waals surface area contributed by atoms with Crippen LogP contribution in [0.1, 0.15) is 30.0 Å². The van der Waals surface area contributed by atoms with Crippen LogP contribution in [0.5, 0.6) is 0 Å². The second kappa shape index (κ2) is 4.76. The number of halogens is 1. The van der Waals surface area contributed by atoms with Crippen molar-refractivity contribution in [1.29, 1.82) is 0 Å². The maximum atomic E-state index is 13.1. The quantitative estimate of drug-likeness (QED) is 0.834. The Morgan fingerprint density at radius 2 is 2.22 bits per heavy atom. The number of rotatable bonds is 1. The molecule has 1 aliphatic heterocycles. The molecule has 5 heteroatoms. The third kappa shape index (κ3) is 2.34. The van der Waals surface area contributed by atoms with E-state index >= 15 is 0 Å². The molecule has 1 amide bonds. The van der Waals surface area contributed by atoms with E-state index in [4.69, 9.17) is 5.11 Å². The summed E-state index contributed by atoms with van der Waals surface area (Å²) < 4.78 is 13.1. The van der Waals surface area contributed by atoms with E-state index in [1.165, 1.54) is 17.0 Å². The standard InChI is InChI=1S/C13H14FNO3/c1-8-6-9(14)2-3-11(8)12-7-10(16)4-5-15(12)13(17)18/h2-3,6,12H,4-5,7H2,1H3,(H,17,18). The van der Waals surface area contributed by atoms with E-state index < -0.39 is 12.1 Å². The summed E-state index contributed by atoms with van der Waals surface area (Å²) in [6.07, 6.45) is -0.627. The first-order chi connectivity index (χ1) is 8.49. The van der Waals surface area contributed by atoms with Gasteiger partial charge in [0, 0.05) is 19.4 Å². The van der Waals surface area contributed by atoms with E-state index in [1.807, 2.05) is 0 Å². The number of Topliss-reactive ketones (excluding diaryl/α,β-unsaturated/α-hetero) is 1. The van der Waals surface area contributed by atoms with Crippen LogP contribution < -0.4 is 0 Å². The number of amides is 1. The molecule has 1 aromatic carbocycles. The van der Waals surface area contributed by atoms with E-state index in [-0.39, 0.29) is 31.0 Å². The smallest absolute Gasteiger partial charge is 0.407 e. The van der Waals surface area contributed by atoms with Crippen LogP contribution in [0.4, 0.5) is 9.18 Å². The molecule has 0 saturated carbocycles. The Morgan fingerprint density at radius 1 is 1.50 bits per heavy atom. The largest absolute Gasteiger partial charge is 0.465 e. The first kappa shape index (κ1) is 12.5. The topological polar surface area (TPSA) is 57.6 Å². The molecule has 0 aromatic heterocycles. The van der Waals surface area contributed by atoms with Gasteiger partial charge in [0.25, 0.3) is 0 Å². The van der Waals surface area contributed by atoms with Crippen LogP contribution in [0.3, 0.4) is 0 Å². The van der Waals surface area contributed by atoms with E-state index in [2.05, 4.69) is 0 Å². The highest BCUT2D eigenvalue weighted by Gasteiger charge is 2.32. The molecule has 1 N–H and O–H groups in total. The van der Waals surface area contributed by atoms with Crippen LogP contribution in [0.15, 0.2) is 18.2 Å². The molecule has 1 aliphatic rings. The second-order valence-corrected chi connectivity index (χ2v) is 4.49. The van der Waals surface area contributed by atoms with Crippen LogP contribution in [-0.2, 0) is 4.79 Å². The maximum Gasteiger partial charge on any atom is 0.407 e. The van der Waals surface area contributed by atoms with Crippen molar-refractivity contribution in [3.8, 4) is 0 Å². The molecular weight excluding hydrogens is 237 g/mol. The molecule has 0 bridgehead atoms. The van der Waals surface area contributed by atoms with E-state index in [0.29, 0.717) is 11.1 Å². The van der Waals surface area contributed by atoms with E-state index in [0.717, 1.165) is 0 Å². The van der Waals surface area contributed by atoms with Crippen molar-refractivity contribution in [3.63, 3.8) is 0 Å². The summed E-state index contributed by atoms with van der Waals surface area (Å²) in [5, 5.41) is 9.14. The fourth-order valence-electron chi connectivity index (χ4n) is 2.35. The van der Waals surface area contributed by atoms with E-state index in [9.17, 15) is 14.0 Å². The van der Waals surface area contributed by atoms with Crippen LogP contribution in [0.25, 0.3) is 0 Å². The number of aryl methyl sites for hydroxylation is 1. The summed E-state index contributed by atoms with van der Waals surface area (Å²) >= 11 is 0. The number of hydrogen-bond donors (Lipinski definition) is 1. The predicted octanol–water partition coefficient (Wildman–Crippen LogP) is 2.52. The van der Waals surface area contributed by atoms with Crippen LogP contribution >= 0.6 is 0 Å². The molecule has 18 heavy (non-hydrogen) atoms. The van der Waals surface area contributed by atoms with Gasteiger partial charge in [-0.2, -0.15) is 0 Å². The Morgan fingerprint density at radius 3 is 2.83 bits per heavy atom. The lowest BCUT2D eigenvalue weighted by Gasteiger charge is -2.33. The number of hydrogen-bond acceptors (Lipinski definition) is 2. The Bertz CT molecular complexity index is 501. The first-order valence-electron chi connectivity index (χ1n) is 5.76. The minimum Gasteiger partial charge on any atom is -0.465 e. The molecule has 1 saturated heterocycles. The normalized spacial score (nSPS) is 20.0. The van der Waals surface area contributed by atoms with Crippen molar-refractivity contribution >= 4 is 11.9 Å².